The van der Waals surface area contributed by atoms with Crippen LogP contribution in [0.15, 0.2) is 71.8 Å². The van der Waals surface area contributed by atoms with Gasteiger partial charge in [-0.25, -0.2) is 0 Å². The fraction of sp³-hybridized carbons (Fsp3) is 0.300. The minimum atomic E-state index is -0.262. The third-order valence-electron chi connectivity index (χ3n) is 5.06. The number of fused-ring (bicyclic) bond motifs is 2. The summed E-state index contributed by atoms with van der Waals surface area (Å²) in [6.45, 7) is 2.40. The smallest absolute Gasteiger partial charge is 0.00836 e. The zero-order valence-electron chi connectivity index (χ0n) is 12.5. The van der Waals surface area contributed by atoms with Crippen molar-refractivity contribution in [1.29, 1.82) is 0 Å². The van der Waals surface area contributed by atoms with Gasteiger partial charge in [-0.15, -0.1) is 0 Å². The predicted octanol–water partition coefficient (Wildman–Crippen LogP) is 4.62. The van der Waals surface area contributed by atoms with Crippen molar-refractivity contribution in [2.45, 2.75) is 31.8 Å². The van der Waals surface area contributed by atoms with Crippen molar-refractivity contribution < 1.29 is 0 Å². The molecule has 1 heteroatoms. The summed E-state index contributed by atoms with van der Waals surface area (Å²) in [5.41, 5.74) is 4.22. The third-order valence-corrected chi connectivity index (χ3v) is 8.00. The molecule has 1 fully saturated rings. The van der Waals surface area contributed by atoms with Gasteiger partial charge in [0.05, 0.1) is 0 Å². The minimum absolute atomic E-state index is 0.262. The largest absolute Gasteiger partial charge is 0.0701 e. The minimum Gasteiger partial charge on any atom is -0.0701 e. The molecule has 0 N–H and O–H groups in total. The van der Waals surface area contributed by atoms with E-state index in [1.807, 2.05) is 0 Å². The van der Waals surface area contributed by atoms with Crippen LogP contribution in [-0.4, -0.2) is 5.66 Å². The third kappa shape index (κ3) is 2.36. The maximum atomic E-state index is 2.40. The van der Waals surface area contributed by atoms with Crippen molar-refractivity contribution in [1.82, 2.24) is 0 Å². The molecule has 0 heterocycles. The van der Waals surface area contributed by atoms with Gasteiger partial charge >= 0.3 is 0 Å². The highest BCUT2D eigenvalue weighted by Crippen LogP contribution is 2.55. The highest BCUT2D eigenvalue weighted by atomic mass is 31.1. The number of hydrogen-bond donors (Lipinski definition) is 0. The molecule has 0 amide bonds. The molecule has 1 saturated carbocycles. The van der Waals surface area contributed by atoms with Gasteiger partial charge < -0.3 is 0 Å². The Bertz CT molecular complexity index is 609. The first kappa shape index (κ1) is 13.3. The second-order valence-electron chi connectivity index (χ2n) is 6.35. The van der Waals surface area contributed by atoms with Crippen molar-refractivity contribution >= 4 is 18.5 Å². The summed E-state index contributed by atoms with van der Waals surface area (Å²) in [6.07, 6.45) is 4.16. The lowest BCUT2D eigenvalue weighted by molar-refractivity contribution is 0.356. The van der Waals surface area contributed by atoms with Gasteiger partial charge in [0.1, 0.15) is 0 Å². The van der Waals surface area contributed by atoms with Crippen LogP contribution in [0.4, 0.5) is 0 Å². The van der Waals surface area contributed by atoms with Gasteiger partial charge in [0, 0.05) is 5.66 Å². The maximum Gasteiger partial charge on any atom is 0.00836 e. The summed E-state index contributed by atoms with van der Waals surface area (Å²) in [5, 5.41) is 3.06. The van der Waals surface area contributed by atoms with Crippen LogP contribution in [-0.2, 0) is 0 Å². The van der Waals surface area contributed by atoms with E-state index in [-0.39, 0.29) is 7.92 Å². The average molecular weight is 292 g/mol. The Hall–Kier alpha value is -1.39. The average Bonchev–Trinajstić information content (AvgIpc) is 2.50. The first-order valence-electron chi connectivity index (χ1n) is 7.91. The number of allylic oxidation sites excluding steroid dienone is 2. The summed E-state index contributed by atoms with van der Waals surface area (Å²) in [5.74, 6) is 0.964. The Kier molecular flexibility index (Phi) is 3.43. The molecule has 2 aromatic rings. The van der Waals surface area contributed by atoms with Crippen molar-refractivity contribution in [3.8, 4) is 0 Å². The van der Waals surface area contributed by atoms with E-state index in [0.717, 1.165) is 11.6 Å². The standard InChI is InChI=1S/C20H21P/c1-15-17-12-16(13-17)14-20(15)21(18-8-4-2-5-9-18)19-10-6-3-7-11-19/h2-11,16,20H,12-14H2,1H3/t20-/m0/s1. The lowest BCUT2D eigenvalue weighted by Crippen LogP contribution is -2.34. The Balaban J connectivity index is 1.79. The molecule has 2 aromatic carbocycles. The Labute approximate surface area is 128 Å². The van der Waals surface area contributed by atoms with Crippen molar-refractivity contribution in [2.75, 3.05) is 0 Å². The van der Waals surface area contributed by atoms with E-state index in [0.29, 0.717) is 0 Å². The van der Waals surface area contributed by atoms with Crippen LogP contribution < -0.4 is 10.6 Å². The molecule has 0 saturated heterocycles. The zero-order chi connectivity index (χ0) is 14.2. The maximum absolute atomic E-state index is 2.40. The Morgan fingerprint density at radius 2 is 1.33 bits per heavy atom. The van der Waals surface area contributed by atoms with Gasteiger partial charge in [-0.3, -0.25) is 0 Å². The molecule has 1 atom stereocenters. The van der Waals surface area contributed by atoms with Crippen LogP contribution in [0.3, 0.4) is 0 Å². The second kappa shape index (κ2) is 5.43. The van der Waals surface area contributed by atoms with Crippen molar-refractivity contribution in [3.63, 3.8) is 0 Å². The van der Waals surface area contributed by atoms with Gasteiger partial charge in [-0.05, 0) is 50.6 Å². The van der Waals surface area contributed by atoms with E-state index >= 15 is 0 Å². The normalized spacial score (nSPS) is 24.1. The molecule has 5 rings (SSSR count). The van der Waals surface area contributed by atoms with Gasteiger partial charge in [-0.1, -0.05) is 71.8 Å². The summed E-state index contributed by atoms with van der Waals surface area (Å²) in [6, 6.07) is 22.4. The van der Waals surface area contributed by atoms with Crippen LogP contribution in [0.5, 0.6) is 0 Å². The van der Waals surface area contributed by atoms with E-state index in [4.69, 9.17) is 0 Å². The Morgan fingerprint density at radius 1 is 0.810 bits per heavy atom. The number of hydrogen-bond acceptors (Lipinski definition) is 0. The van der Waals surface area contributed by atoms with Crippen molar-refractivity contribution in [2.24, 2.45) is 5.92 Å². The molecule has 2 bridgehead atoms. The molecule has 0 aliphatic heterocycles. The highest BCUT2D eigenvalue weighted by molar-refractivity contribution is 7.73. The highest BCUT2D eigenvalue weighted by Gasteiger charge is 2.39. The van der Waals surface area contributed by atoms with Crippen LogP contribution in [0.2, 0.25) is 0 Å². The quantitative estimate of drug-likeness (QED) is 0.572. The van der Waals surface area contributed by atoms with E-state index in [1.165, 1.54) is 29.9 Å². The van der Waals surface area contributed by atoms with E-state index in [1.54, 1.807) is 11.1 Å². The lowest BCUT2D eigenvalue weighted by atomic mass is 9.69. The summed E-state index contributed by atoms with van der Waals surface area (Å²) < 4.78 is 0. The summed E-state index contributed by atoms with van der Waals surface area (Å²) >= 11 is 0. The van der Waals surface area contributed by atoms with Crippen LogP contribution in [0.25, 0.3) is 0 Å². The zero-order valence-corrected chi connectivity index (χ0v) is 13.4. The number of benzene rings is 2. The molecule has 3 aliphatic rings. The summed E-state index contributed by atoms with van der Waals surface area (Å²) in [4.78, 5) is 0. The molecule has 3 aliphatic carbocycles. The first-order valence-corrected chi connectivity index (χ1v) is 9.32. The monoisotopic (exact) mass is 292 g/mol. The molecule has 0 unspecified atom stereocenters. The molecule has 106 valence electrons. The summed E-state index contributed by atoms with van der Waals surface area (Å²) in [7, 11) is -0.262. The van der Waals surface area contributed by atoms with Gasteiger partial charge in [0.25, 0.3) is 0 Å². The predicted molar refractivity (Wildman–Crippen MR) is 92.9 cm³/mol. The van der Waals surface area contributed by atoms with Crippen LogP contribution in [0, 0.1) is 5.92 Å². The number of rotatable bonds is 3. The van der Waals surface area contributed by atoms with Crippen molar-refractivity contribution in [3.05, 3.63) is 71.8 Å². The molecule has 0 spiro atoms. The van der Waals surface area contributed by atoms with Crippen LogP contribution >= 0.6 is 7.92 Å². The van der Waals surface area contributed by atoms with E-state index in [9.17, 15) is 0 Å². The van der Waals surface area contributed by atoms with Gasteiger partial charge in [-0.2, -0.15) is 0 Å². The van der Waals surface area contributed by atoms with Gasteiger partial charge in [0.2, 0.25) is 0 Å². The molecule has 21 heavy (non-hydrogen) atoms. The molecule has 0 aromatic heterocycles. The van der Waals surface area contributed by atoms with Crippen LogP contribution in [0.1, 0.15) is 26.2 Å². The van der Waals surface area contributed by atoms with E-state index in [2.05, 4.69) is 67.6 Å². The molecular weight excluding hydrogens is 271 g/mol. The SMILES string of the molecule is CC1=C2CC(C2)C[C@@H]1P(c1ccccc1)c1ccccc1. The Morgan fingerprint density at radius 3 is 1.81 bits per heavy atom. The molecule has 0 radical (unpaired) electrons. The second-order valence-corrected chi connectivity index (χ2v) is 8.75. The fourth-order valence-corrected chi connectivity index (χ4v) is 6.92. The van der Waals surface area contributed by atoms with Gasteiger partial charge in [0.15, 0.2) is 0 Å². The molecular formula is C20H21P. The van der Waals surface area contributed by atoms with E-state index < -0.39 is 0 Å². The topological polar surface area (TPSA) is 0 Å². The molecule has 0 nitrogen and oxygen atoms in total. The first-order chi connectivity index (χ1) is 10.3. The fourth-order valence-electron chi connectivity index (χ4n) is 3.84. The lowest BCUT2D eigenvalue weighted by Gasteiger charge is -2.44.